The molecule has 0 aliphatic carbocycles. The Kier molecular flexibility index (Phi) is 20.5. The fourth-order valence-corrected chi connectivity index (χ4v) is 1.90. The van der Waals surface area contributed by atoms with Crippen molar-refractivity contribution in [3.8, 4) is 0 Å². The monoisotopic (exact) mass is 336 g/mol. The molecule has 0 saturated heterocycles. The topological polar surface area (TPSA) is 37.3 Å². The van der Waals surface area contributed by atoms with E-state index in [1.165, 1.54) is 12.8 Å². The van der Waals surface area contributed by atoms with Crippen LogP contribution in [0.15, 0.2) is 36.5 Å². The number of allylic oxidation sites excluding steroid dienone is 6. The fraction of sp³-hybridized carbons (Fsp3) is 0.611. The predicted molar refractivity (Wildman–Crippen MR) is 86.9 cm³/mol. The number of carboxylic acid groups (broad SMARTS) is 1. The van der Waals surface area contributed by atoms with E-state index in [0.717, 1.165) is 44.9 Å². The van der Waals surface area contributed by atoms with E-state index >= 15 is 0 Å². The molecule has 0 aromatic carbocycles. The van der Waals surface area contributed by atoms with Crippen molar-refractivity contribution in [1.29, 1.82) is 0 Å². The number of aliphatic carboxylic acids is 1. The molecule has 124 valence electrons. The van der Waals surface area contributed by atoms with Crippen molar-refractivity contribution >= 4 is 5.97 Å². The Balaban J connectivity index is 0. The number of carboxylic acids is 1. The molecule has 0 bridgehead atoms. The Morgan fingerprint density at radius 3 is 1.95 bits per heavy atom. The van der Waals surface area contributed by atoms with Gasteiger partial charge in [0.15, 0.2) is 0 Å². The van der Waals surface area contributed by atoms with Crippen LogP contribution in [0.2, 0.25) is 0 Å². The number of unbranched alkanes of at least 4 members (excludes halogenated alkanes) is 5. The molecule has 0 fully saturated rings. The van der Waals surface area contributed by atoms with Gasteiger partial charge in [0, 0.05) is 22.9 Å². The molecule has 0 saturated carbocycles. The number of hydrogen-bond acceptors (Lipinski definition) is 1. The van der Waals surface area contributed by atoms with Crippen molar-refractivity contribution in [2.24, 2.45) is 0 Å². The van der Waals surface area contributed by atoms with Crippen molar-refractivity contribution in [2.75, 3.05) is 0 Å². The zero-order chi connectivity index (χ0) is 14.9. The summed E-state index contributed by atoms with van der Waals surface area (Å²) in [6.45, 7) is 2.15. The Hall–Kier alpha value is -0.816. The van der Waals surface area contributed by atoms with E-state index in [9.17, 15) is 4.79 Å². The summed E-state index contributed by atoms with van der Waals surface area (Å²) < 4.78 is 0. The van der Waals surface area contributed by atoms with Crippen LogP contribution in [0.1, 0.15) is 71.1 Å². The molecule has 0 rings (SSSR count). The van der Waals surface area contributed by atoms with Gasteiger partial charge in [0.2, 0.25) is 0 Å². The first-order valence-electron chi connectivity index (χ1n) is 7.94. The second-order valence-electron chi connectivity index (χ2n) is 4.99. The van der Waals surface area contributed by atoms with Crippen LogP contribution in [-0.2, 0) is 21.3 Å². The number of carbonyl (C=O) groups is 1. The molecule has 0 spiro atoms. The van der Waals surface area contributed by atoms with Gasteiger partial charge in [0.25, 0.3) is 0 Å². The first kappa shape index (κ1) is 22.5. The normalized spacial score (nSPS) is 11.5. The molecule has 0 amide bonds. The minimum Gasteiger partial charge on any atom is -0.481 e. The van der Waals surface area contributed by atoms with Gasteiger partial charge >= 0.3 is 5.97 Å². The second kappa shape index (κ2) is 19.2. The molecule has 21 heavy (non-hydrogen) atoms. The molecule has 0 unspecified atom stereocenters. The molecular formula is C18H30NiO2. The van der Waals surface area contributed by atoms with Gasteiger partial charge in [-0.05, 0) is 38.5 Å². The molecule has 1 N–H and O–H groups in total. The number of rotatable bonds is 13. The third kappa shape index (κ3) is 21.6. The first-order chi connectivity index (χ1) is 9.77. The van der Waals surface area contributed by atoms with E-state index < -0.39 is 5.97 Å². The van der Waals surface area contributed by atoms with Crippen LogP contribution in [0.25, 0.3) is 0 Å². The summed E-state index contributed by atoms with van der Waals surface area (Å²) in [7, 11) is 0. The van der Waals surface area contributed by atoms with Crippen LogP contribution in [0.4, 0.5) is 0 Å². The van der Waals surface area contributed by atoms with Gasteiger partial charge in [-0.1, -0.05) is 62.6 Å². The number of hydrogen-bond donors (Lipinski definition) is 1. The van der Waals surface area contributed by atoms with Crippen molar-refractivity contribution in [2.45, 2.75) is 71.1 Å². The molecular weight excluding hydrogens is 307 g/mol. The molecule has 2 nitrogen and oxygen atoms in total. The summed E-state index contributed by atoms with van der Waals surface area (Å²) in [5, 5.41) is 8.50. The van der Waals surface area contributed by atoms with E-state index in [1.54, 1.807) is 0 Å². The molecule has 0 radical (unpaired) electrons. The average molecular weight is 337 g/mol. The Morgan fingerprint density at radius 2 is 1.33 bits per heavy atom. The Labute approximate surface area is 140 Å². The SMILES string of the molecule is CC/C=C\C/C=C\C/C=C\CCCCCCCC(=O)O.[Ni]. The van der Waals surface area contributed by atoms with Gasteiger partial charge in [-0.3, -0.25) is 4.79 Å². The maximum Gasteiger partial charge on any atom is 0.303 e. The maximum atomic E-state index is 10.3. The molecule has 0 aromatic rings. The van der Waals surface area contributed by atoms with Crippen molar-refractivity contribution < 1.29 is 26.4 Å². The standard InChI is InChI=1S/C18H30O2.Ni/c1-2-3-4-5-6-7-8-9-10-11-12-13-14-15-16-17-18(19)20;/h3-4,6-7,9-10H,2,5,8,11-17H2,1H3,(H,19,20);/b4-3-,7-6-,10-9-;. The third-order valence-corrected chi connectivity index (χ3v) is 3.04. The molecule has 0 aromatic heterocycles. The summed E-state index contributed by atoms with van der Waals surface area (Å²) >= 11 is 0. The minimum atomic E-state index is -0.675. The Bertz CT molecular complexity index is 306. The van der Waals surface area contributed by atoms with Gasteiger partial charge in [0.05, 0.1) is 0 Å². The van der Waals surface area contributed by atoms with Crippen LogP contribution >= 0.6 is 0 Å². The average Bonchev–Trinajstić information content (AvgIpc) is 2.43. The van der Waals surface area contributed by atoms with Gasteiger partial charge in [0.1, 0.15) is 0 Å². The summed E-state index contributed by atoms with van der Waals surface area (Å²) in [6.07, 6.45) is 23.4. The largest absolute Gasteiger partial charge is 0.481 e. The van der Waals surface area contributed by atoms with E-state index in [1.807, 2.05) is 0 Å². The van der Waals surface area contributed by atoms with Gasteiger partial charge < -0.3 is 5.11 Å². The minimum absolute atomic E-state index is 0. The van der Waals surface area contributed by atoms with E-state index in [4.69, 9.17) is 5.11 Å². The van der Waals surface area contributed by atoms with Gasteiger partial charge in [-0.2, -0.15) is 0 Å². The molecule has 0 heterocycles. The maximum absolute atomic E-state index is 10.3. The van der Waals surface area contributed by atoms with E-state index in [0.29, 0.717) is 6.42 Å². The van der Waals surface area contributed by atoms with E-state index in [-0.39, 0.29) is 16.5 Å². The van der Waals surface area contributed by atoms with Crippen LogP contribution in [0.3, 0.4) is 0 Å². The smallest absolute Gasteiger partial charge is 0.303 e. The molecule has 0 aliphatic heterocycles. The summed E-state index contributed by atoms with van der Waals surface area (Å²) in [5.41, 5.74) is 0. The van der Waals surface area contributed by atoms with Crippen LogP contribution in [0, 0.1) is 0 Å². The molecule has 0 aliphatic rings. The Morgan fingerprint density at radius 1 is 0.810 bits per heavy atom. The predicted octanol–water partition coefficient (Wildman–Crippen LogP) is 5.66. The fourth-order valence-electron chi connectivity index (χ4n) is 1.90. The van der Waals surface area contributed by atoms with E-state index in [2.05, 4.69) is 43.4 Å². The van der Waals surface area contributed by atoms with Crippen LogP contribution < -0.4 is 0 Å². The first-order valence-corrected chi connectivity index (χ1v) is 7.94. The van der Waals surface area contributed by atoms with Gasteiger partial charge in [-0.25, -0.2) is 0 Å². The quantitative estimate of drug-likeness (QED) is 0.268. The molecule has 3 heteroatoms. The summed E-state index contributed by atoms with van der Waals surface area (Å²) in [5.74, 6) is -0.675. The molecule has 0 atom stereocenters. The summed E-state index contributed by atoms with van der Waals surface area (Å²) in [6, 6.07) is 0. The summed E-state index contributed by atoms with van der Waals surface area (Å²) in [4.78, 5) is 10.3. The van der Waals surface area contributed by atoms with Crippen LogP contribution in [0.5, 0.6) is 0 Å². The van der Waals surface area contributed by atoms with Crippen LogP contribution in [-0.4, -0.2) is 11.1 Å². The zero-order valence-electron chi connectivity index (χ0n) is 13.2. The van der Waals surface area contributed by atoms with Crippen molar-refractivity contribution in [3.63, 3.8) is 0 Å². The third-order valence-electron chi connectivity index (χ3n) is 3.04. The van der Waals surface area contributed by atoms with Gasteiger partial charge in [-0.15, -0.1) is 0 Å². The van der Waals surface area contributed by atoms with Crippen molar-refractivity contribution in [1.82, 2.24) is 0 Å². The zero-order valence-corrected chi connectivity index (χ0v) is 14.2. The second-order valence-corrected chi connectivity index (χ2v) is 4.99. The van der Waals surface area contributed by atoms with Crippen molar-refractivity contribution in [3.05, 3.63) is 36.5 Å².